The van der Waals surface area contributed by atoms with Crippen LogP contribution >= 0.6 is 0 Å². The van der Waals surface area contributed by atoms with E-state index in [-0.39, 0.29) is 0 Å². The molecule has 94 valence electrons. The topological polar surface area (TPSA) is 47.0 Å². The van der Waals surface area contributed by atoms with Gasteiger partial charge in [-0.2, -0.15) is 0 Å². The van der Waals surface area contributed by atoms with Gasteiger partial charge in [-0.3, -0.25) is 0 Å². The summed E-state index contributed by atoms with van der Waals surface area (Å²) in [5.41, 5.74) is 2.33. The van der Waals surface area contributed by atoms with E-state index >= 15 is 0 Å². The van der Waals surface area contributed by atoms with Gasteiger partial charge in [0, 0.05) is 12.6 Å². The standard InChI is InChI=1S/C14H17N3O/c1-4-15-13-8-14(17-9-16-13)18-12-7-5-6-10(2)11(12)3/h5-9H,4H2,1-3H3,(H,15,16,17). The predicted molar refractivity (Wildman–Crippen MR) is 72.2 cm³/mol. The lowest BCUT2D eigenvalue weighted by atomic mass is 10.1. The molecule has 0 aliphatic carbocycles. The smallest absolute Gasteiger partial charge is 0.224 e. The molecule has 0 atom stereocenters. The van der Waals surface area contributed by atoms with Gasteiger partial charge in [0.25, 0.3) is 0 Å². The van der Waals surface area contributed by atoms with Gasteiger partial charge in [-0.05, 0) is 38.0 Å². The minimum atomic E-state index is 0.551. The molecule has 1 aromatic carbocycles. The fourth-order valence-electron chi connectivity index (χ4n) is 1.62. The van der Waals surface area contributed by atoms with E-state index in [0.29, 0.717) is 5.88 Å². The van der Waals surface area contributed by atoms with E-state index in [1.165, 1.54) is 11.9 Å². The van der Waals surface area contributed by atoms with Crippen molar-refractivity contribution >= 4 is 5.82 Å². The van der Waals surface area contributed by atoms with Crippen molar-refractivity contribution in [1.29, 1.82) is 0 Å². The lowest BCUT2D eigenvalue weighted by Crippen LogP contribution is -2.00. The van der Waals surface area contributed by atoms with Gasteiger partial charge in [-0.15, -0.1) is 0 Å². The fourth-order valence-corrected chi connectivity index (χ4v) is 1.62. The molecule has 1 heterocycles. The summed E-state index contributed by atoms with van der Waals surface area (Å²) in [6, 6.07) is 7.78. The number of benzene rings is 1. The highest BCUT2D eigenvalue weighted by Crippen LogP contribution is 2.26. The molecule has 4 nitrogen and oxygen atoms in total. The molecule has 0 fully saturated rings. The van der Waals surface area contributed by atoms with Gasteiger partial charge in [-0.25, -0.2) is 9.97 Å². The maximum Gasteiger partial charge on any atom is 0.224 e. The largest absolute Gasteiger partial charge is 0.439 e. The van der Waals surface area contributed by atoms with Gasteiger partial charge >= 0.3 is 0 Å². The number of aromatic nitrogens is 2. The molecule has 18 heavy (non-hydrogen) atoms. The van der Waals surface area contributed by atoms with Gasteiger partial charge in [0.15, 0.2) is 0 Å². The van der Waals surface area contributed by atoms with Crippen molar-refractivity contribution in [2.24, 2.45) is 0 Å². The lowest BCUT2D eigenvalue weighted by Gasteiger charge is -2.10. The van der Waals surface area contributed by atoms with Gasteiger partial charge < -0.3 is 10.1 Å². The second-order valence-corrected chi connectivity index (χ2v) is 4.07. The zero-order valence-electron chi connectivity index (χ0n) is 10.9. The monoisotopic (exact) mass is 243 g/mol. The number of nitrogens with zero attached hydrogens (tertiary/aromatic N) is 2. The van der Waals surface area contributed by atoms with Crippen LogP contribution in [0.5, 0.6) is 11.6 Å². The third-order valence-corrected chi connectivity index (χ3v) is 2.77. The molecule has 0 saturated heterocycles. The highest BCUT2D eigenvalue weighted by atomic mass is 16.5. The molecule has 0 spiro atoms. The summed E-state index contributed by atoms with van der Waals surface area (Å²) in [7, 11) is 0. The van der Waals surface area contributed by atoms with Gasteiger partial charge in [0.1, 0.15) is 17.9 Å². The zero-order valence-corrected chi connectivity index (χ0v) is 10.9. The van der Waals surface area contributed by atoms with Crippen molar-refractivity contribution in [3.63, 3.8) is 0 Å². The zero-order chi connectivity index (χ0) is 13.0. The minimum Gasteiger partial charge on any atom is -0.439 e. The van der Waals surface area contributed by atoms with E-state index in [1.807, 2.05) is 26.0 Å². The highest BCUT2D eigenvalue weighted by Gasteiger charge is 2.05. The molecule has 2 aromatic rings. The number of rotatable bonds is 4. The van der Waals surface area contributed by atoms with E-state index < -0.39 is 0 Å². The molecular weight excluding hydrogens is 226 g/mol. The Bertz CT molecular complexity index is 540. The Morgan fingerprint density at radius 2 is 2.06 bits per heavy atom. The summed E-state index contributed by atoms with van der Waals surface area (Å²) in [6.07, 6.45) is 1.50. The first-order chi connectivity index (χ1) is 8.70. The van der Waals surface area contributed by atoms with Gasteiger partial charge in [0.2, 0.25) is 5.88 Å². The SMILES string of the molecule is CCNc1cc(Oc2cccc(C)c2C)ncn1. The number of anilines is 1. The number of aryl methyl sites for hydroxylation is 1. The molecule has 0 amide bonds. The first kappa shape index (κ1) is 12.4. The Morgan fingerprint density at radius 1 is 1.22 bits per heavy atom. The van der Waals surface area contributed by atoms with Crippen LogP contribution in [0, 0.1) is 13.8 Å². The van der Waals surface area contributed by atoms with Crippen LogP contribution in [-0.4, -0.2) is 16.5 Å². The summed E-state index contributed by atoms with van der Waals surface area (Å²) in [4.78, 5) is 8.22. The highest BCUT2D eigenvalue weighted by molar-refractivity contribution is 5.42. The van der Waals surface area contributed by atoms with E-state index in [9.17, 15) is 0 Å². The Hall–Kier alpha value is -2.10. The molecule has 0 radical (unpaired) electrons. The van der Waals surface area contributed by atoms with Crippen LogP contribution in [-0.2, 0) is 0 Å². The second kappa shape index (κ2) is 5.49. The van der Waals surface area contributed by atoms with Crippen molar-refractivity contribution in [1.82, 2.24) is 9.97 Å². The molecule has 2 rings (SSSR count). The Morgan fingerprint density at radius 3 is 2.83 bits per heavy atom. The Balaban J connectivity index is 2.23. The van der Waals surface area contributed by atoms with Crippen LogP contribution in [0.15, 0.2) is 30.6 Å². The Labute approximate surface area is 107 Å². The maximum absolute atomic E-state index is 5.79. The molecule has 1 N–H and O–H groups in total. The fraction of sp³-hybridized carbons (Fsp3) is 0.286. The molecule has 0 aliphatic rings. The van der Waals surface area contributed by atoms with Crippen molar-refractivity contribution in [3.05, 3.63) is 41.7 Å². The molecular formula is C14H17N3O. The van der Waals surface area contributed by atoms with Crippen LogP contribution in [0.3, 0.4) is 0 Å². The second-order valence-electron chi connectivity index (χ2n) is 4.07. The van der Waals surface area contributed by atoms with Crippen LogP contribution in [0.4, 0.5) is 5.82 Å². The third-order valence-electron chi connectivity index (χ3n) is 2.77. The number of ether oxygens (including phenoxy) is 1. The van der Waals surface area contributed by atoms with Crippen LogP contribution in [0.25, 0.3) is 0 Å². The molecule has 0 unspecified atom stereocenters. The summed E-state index contributed by atoms with van der Waals surface area (Å²) in [5.74, 6) is 2.15. The van der Waals surface area contributed by atoms with E-state index in [2.05, 4.69) is 28.3 Å². The first-order valence-corrected chi connectivity index (χ1v) is 6.00. The molecule has 1 aromatic heterocycles. The van der Waals surface area contributed by atoms with Gasteiger partial charge in [-0.1, -0.05) is 12.1 Å². The van der Waals surface area contributed by atoms with Crippen LogP contribution in [0.1, 0.15) is 18.1 Å². The van der Waals surface area contributed by atoms with Crippen LogP contribution in [0.2, 0.25) is 0 Å². The maximum atomic E-state index is 5.79. The molecule has 4 heteroatoms. The minimum absolute atomic E-state index is 0.551. The lowest BCUT2D eigenvalue weighted by molar-refractivity contribution is 0.458. The summed E-state index contributed by atoms with van der Waals surface area (Å²) < 4.78 is 5.79. The quantitative estimate of drug-likeness (QED) is 0.894. The summed E-state index contributed by atoms with van der Waals surface area (Å²) >= 11 is 0. The molecule has 0 bridgehead atoms. The number of hydrogen-bond acceptors (Lipinski definition) is 4. The average Bonchev–Trinajstić information content (AvgIpc) is 2.36. The average molecular weight is 243 g/mol. The normalized spacial score (nSPS) is 10.2. The number of hydrogen-bond donors (Lipinski definition) is 1. The van der Waals surface area contributed by atoms with Crippen molar-refractivity contribution in [3.8, 4) is 11.6 Å². The summed E-state index contributed by atoms with van der Waals surface area (Å²) in [5, 5.41) is 3.13. The first-order valence-electron chi connectivity index (χ1n) is 6.00. The summed E-state index contributed by atoms with van der Waals surface area (Å²) in [6.45, 7) is 6.94. The van der Waals surface area contributed by atoms with Crippen molar-refractivity contribution < 1.29 is 4.74 Å². The molecule has 0 saturated carbocycles. The predicted octanol–water partition coefficient (Wildman–Crippen LogP) is 3.32. The van der Waals surface area contributed by atoms with Gasteiger partial charge in [0.05, 0.1) is 0 Å². The van der Waals surface area contributed by atoms with Crippen molar-refractivity contribution in [2.45, 2.75) is 20.8 Å². The third kappa shape index (κ3) is 2.77. The van der Waals surface area contributed by atoms with E-state index in [4.69, 9.17) is 4.74 Å². The van der Waals surface area contributed by atoms with Crippen molar-refractivity contribution in [2.75, 3.05) is 11.9 Å². The Kier molecular flexibility index (Phi) is 3.77. The number of nitrogens with one attached hydrogen (secondary N) is 1. The molecule has 0 aliphatic heterocycles. The van der Waals surface area contributed by atoms with E-state index in [1.54, 1.807) is 6.07 Å². The van der Waals surface area contributed by atoms with E-state index in [0.717, 1.165) is 23.7 Å². The van der Waals surface area contributed by atoms with Crippen LogP contribution < -0.4 is 10.1 Å².